The van der Waals surface area contributed by atoms with Gasteiger partial charge in [0, 0.05) is 19.2 Å². The molecule has 146 valence electrons. The second-order valence-corrected chi connectivity index (χ2v) is 8.89. The highest BCUT2D eigenvalue weighted by Gasteiger charge is 2.24. The number of sulfonamides is 1. The number of carbonyl (C=O) groups excluding carboxylic acids is 1. The van der Waals surface area contributed by atoms with E-state index >= 15 is 0 Å². The number of anilines is 1. The van der Waals surface area contributed by atoms with Crippen LogP contribution in [-0.4, -0.2) is 37.8 Å². The van der Waals surface area contributed by atoms with Crippen LogP contribution in [0.4, 0.5) is 5.13 Å². The van der Waals surface area contributed by atoms with E-state index in [1.165, 1.54) is 12.1 Å². The molecule has 0 saturated carbocycles. The summed E-state index contributed by atoms with van der Waals surface area (Å²) in [5.41, 5.74) is 1.24. The molecule has 8 heteroatoms. The van der Waals surface area contributed by atoms with Gasteiger partial charge in [0.2, 0.25) is 0 Å². The first-order valence-corrected chi connectivity index (χ1v) is 11.1. The summed E-state index contributed by atoms with van der Waals surface area (Å²) in [6.45, 7) is 2.60. The average Bonchev–Trinajstić information content (AvgIpc) is 3.12. The van der Waals surface area contributed by atoms with Gasteiger partial charge in [0.05, 0.1) is 10.6 Å². The minimum Gasteiger partial charge on any atom is -0.341 e. The Kier molecular flexibility index (Phi) is 6.11. The summed E-state index contributed by atoms with van der Waals surface area (Å²) < 4.78 is 27.7. The van der Waals surface area contributed by atoms with Crippen LogP contribution < -0.4 is 4.72 Å². The van der Waals surface area contributed by atoms with Crippen LogP contribution >= 0.6 is 11.3 Å². The van der Waals surface area contributed by atoms with E-state index in [9.17, 15) is 13.2 Å². The van der Waals surface area contributed by atoms with Gasteiger partial charge in [-0.2, -0.15) is 0 Å². The molecule has 1 amide bonds. The first-order chi connectivity index (χ1) is 13.4. The van der Waals surface area contributed by atoms with E-state index in [0.29, 0.717) is 17.1 Å². The third-order valence-electron chi connectivity index (χ3n) is 4.05. The van der Waals surface area contributed by atoms with Crippen LogP contribution in [0.1, 0.15) is 23.0 Å². The van der Waals surface area contributed by atoms with Crippen LogP contribution in [0.15, 0.2) is 65.6 Å². The van der Waals surface area contributed by atoms with E-state index in [2.05, 4.69) is 9.71 Å². The highest BCUT2D eigenvalue weighted by Crippen LogP contribution is 2.33. The Balaban J connectivity index is 2.01. The maximum absolute atomic E-state index is 12.9. The third kappa shape index (κ3) is 4.40. The Bertz CT molecular complexity index is 1050. The Morgan fingerprint density at radius 1 is 1.07 bits per heavy atom. The third-order valence-corrected chi connectivity index (χ3v) is 6.49. The molecule has 1 aromatic heterocycles. The van der Waals surface area contributed by atoms with E-state index in [0.717, 1.165) is 23.3 Å². The van der Waals surface area contributed by atoms with Crippen molar-refractivity contribution in [2.75, 3.05) is 18.3 Å². The lowest BCUT2D eigenvalue weighted by Crippen LogP contribution is -2.27. The van der Waals surface area contributed by atoms with Gasteiger partial charge < -0.3 is 4.90 Å². The summed E-state index contributed by atoms with van der Waals surface area (Å²) >= 11 is 1.05. The molecule has 0 aliphatic heterocycles. The van der Waals surface area contributed by atoms with Crippen molar-refractivity contribution in [1.82, 2.24) is 9.88 Å². The van der Waals surface area contributed by atoms with E-state index in [4.69, 9.17) is 0 Å². The molecule has 3 aromatic rings. The number of benzene rings is 2. The highest BCUT2D eigenvalue weighted by molar-refractivity contribution is 7.93. The molecule has 2 aromatic carbocycles. The summed E-state index contributed by atoms with van der Waals surface area (Å²) in [6.07, 6.45) is 0.829. The molecular weight excluding hydrogens is 394 g/mol. The van der Waals surface area contributed by atoms with Crippen molar-refractivity contribution in [2.45, 2.75) is 18.2 Å². The van der Waals surface area contributed by atoms with Gasteiger partial charge in [-0.1, -0.05) is 66.8 Å². The van der Waals surface area contributed by atoms with Crippen LogP contribution in [-0.2, 0) is 10.0 Å². The van der Waals surface area contributed by atoms with E-state index < -0.39 is 10.0 Å². The standard InChI is InChI=1S/C20H21N3O3S2/c1-3-14-23(2)19(24)18-17(15-10-6-4-7-11-15)21-20(27-18)22-28(25,26)16-12-8-5-9-13-16/h4-13H,3,14H2,1-2H3,(H,21,22). The van der Waals surface area contributed by atoms with Crippen molar-refractivity contribution < 1.29 is 13.2 Å². The molecule has 0 bridgehead atoms. The molecule has 0 fully saturated rings. The summed E-state index contributed by atoms with van der Waals surface area (Å²) in [4.78, 5) is 19.5. The lowest BCUT2D eigenvalue weighted by molar-refractivity contribution is 0.0800. The summed E-state index contributed by atoms with van der Waals surface area (Å²) in [5, 5.41) is 0.163. The number of nitrogens with zero attached hydrogens (tertiary/aromatic N) is 2. The second-order valence-electron chi connectivity index (χ2n) is 6.21. The largest absolute Gasteiger partial charge is 0.341 e. The van der Waals surface area contributed by atoms with Crippen LogP contribution in [0.2, 0.25) is 0 Å². The van der Waals surface area contributed by atoms with Crippen molar-refractivity contribution in [2.24, 2.45) is 0 Å². The van der Waals surface area contributed by atoms with E-state index in [1.54, 1.807) is 30.1 Å². The number of thiazole rings is 1. The smallest absolute Gasteiger partial charge is 0.266 e. The summed E-state index contributed by atoms with van der Waals surface area (Å²) in [7, 11) is -2.05. The number of hydrogen-bond acceptors (Lipinski definition) is 5. The first kappa shape index (κ1) is 20.0. The quantitative estimate of drug-likeness (QED) is 0.630. The molecular formula is C20H21N3O3S2. The van der Waals surface area contributed by atoms with E-state index in [1.807, 2.05) is 37.3 Å². The van der Waals surface area contributed by atoms with Crippen LogP contribution in [0.3, 0.4) is 0 Å². The van der Waals surface area contributed by atoms with Crippen molar-refractivity contribution in [3.63, 3.8) is 0 Å². The van der Waals surface area contributed by atoms with Crippen molar-refractivity contribution >= 4 is 32.4 Å². The van der Waals surface area contributed by atoms with Gasteiger partial charge in [0.25, 0.3) is 15.9 Å². The summed E-state index contributed by atoms with van der Waals surface area (Å²) in [6, 6.07) is 17.3. The number of nitrogens with one attached hydrogen (secondary N) is 1. The zero-order valence-corrected chi connectivity index (χ0v) is 17.3. The zero-order chi connectivity index (χ0) is 20.1. The van der Waals surface area contributed by atoms with E-state index in [-0.39, 0.29) is 15.9 Å². The van der Waals surface area contributed by atoms with Gasteiger partial charge in [0.15, 0.2) is 5.13 Å². The van der Waals surface area contributed by atoms with Crippen LogP contribution in [0, 0.1) is 0 Å². The normalized spacial score (nSPS) is 11.2. The first-order valence-electron chi connectivity index (χ1n) is 8.82. The Hall–Kier alpha value is -2.71. The van der Waals surface area contributed by atoms with Crippen LogP contribution in [0.25, 0.3) is 11.3 Å². The number of rotatable bonds is 7. The van der Waals surface area contributed by atoms with Crippen molar-refractivity contribution in [3.05, 3.63) is 65.5 Å². The number of hydrogen-bond donors (Lipinski definition) is 1. The maximum Gasteiger partial charge on any atom is 0.266 e. The molecule has 0 atom stereocenters. The molecule has 28 heavy (non-hydrogen) atoms. The minimum atomic E-state index is -3.78. The monoisotopic (exact) mass is 415 g/mol. The zero-order valence-electron chi connectivity index (χ0n) is 15.6. The Labute approximate surface area is 168 Å². The van der Waals surface area contributed by atoms with Crippen LogP contribution in [0.5, 0.6) is 0 Å². The number of amides is 1. The fourth-order valence-electron chi connectivity index (χ4n) is 2.68. The van der Waals surface area contributed by atoms with Gasteiger partial charge in [-0.25, -0.2) is 13.4 Å². The Morgan fingerprint density at radius 3 is 2.29 bits per heavy atom. The average molecular weight is 416 g/mol. The molecule has 0 spiro atoms. The minimum absolute atomic E-state index is 0.141. The molecule has 0 radical (unpaired) electrons. The lowest BCUT2D eigenvalue weighted by atomic mass is 10.1. The van der Waals surface area contributed by atoms with Gasteiger partial charge in [-0.3, -0.25) is 9.52 Å². The highest BCUT2D eigenvalue weighted by atomic mass is 32.2. The fraction of sp³-hybridized carbons (Fsp3) is 0.200. The molecule has 0 saturated heterocycles. The molecule has 3 rings (SSSR count). The molecule has 0 aliphatic rings. The van der Waals surface area contributed by atoms with Gasteiger partial charge >= 0.3 is 0 Å². The Morgan fingerprint density at radius 2 is 1.68 bits per heavy atom. The van der Waals surface area contributed by atoms with Gasteiger partial charge in [-0.05, 0) is 18.6 Å². The molecule has 0 unspecified atom stereocenters. The fourth-order valence-corrected chi connectivity index (χ4v) is 4.92. The van der Waals surface area contributed by atoms with Gasteiger partial charge in [-0.15, -0.1) is 0 Å². The lowest BCUT2D eigenvalue weighted by Gasteiger charge is -2.15. The van der Waals surface area contributed by atoms with Crippen molar-refractivity contribution in [3.8, 4) is 11.3 Å². The number of aromatic nitrogens is 1. The number of carbonyl (C=O) groups is 1. The second kappa shape index (κ2) is 8.53. The topological polar surface area (TPSA) is 79.4 Å². The SMILES string of the molecule is CCCN(C)C(=O)c1sc(NS(=O)(=O)c2ccccc2)nc1-c1ccccc1. The molecule has 1 heterocycles. The van der Waals surface area contributed by atoms with Crippen molar-refractivity contribution in [1.29, 1.82) is 0 Å². The molecule has 6 nitrogen and oxygen atoms in total. The van der Waals surface area contributed by atoms with Gasteiger partial charge in [0.1, 0.15) is 4.88 Å². The summed E-state index contributed by atoms with van der Waals surface area (Å²) in [5.74, 6) is -0.177. The molecule has 1 N–H and O–H groups in total. The predicted octanol–water partition coefficient (Wildman–Crippen LogP) is 4.09. The predicted molar refractivity (Wildman–Crippen MR) is 112 cm³/mol. The molecule has 0 aliphatic carbocycles. The maximum atomic E-state index is 12.9.